The first-order valence-corrected chi connectivity index (χ1v) is 4.26. The lowest BCUT2D eigenvalue weighted by Gasteiger charge is -2.26. The quantitative estimate of drug-likeness (QED) is 0.402. The van der Waals surface area contributed by atoms with Crippen LogP contribution in [0, 0.1) is 0 Å². The third-order valence-corrected chi connectivity index (χ3v) is 1.88. The van der Waals surface area contributed by atoms with E-state index in [2.05, 4.69) is 4.74 Å². The molecule has 0 bridgehead atoms. The lowest BCUT2D eigenvalue weighted by molar-refractivity contribution is -0.196. The third-order valence-electron chi connectivity index (χ3n) is 1.88. The summed E-state index contributed by atoms with van der Waals surface area (Å²) in [4.78, 5) is 32.1. The number of carboxylic acid groups (broad SMARTS) is 3. The van der Waals surface area contributed by atoms with Gasteiger partial charge < -0.3 is 25.2 Å². The molecule has 4 N–H and O–H groups in total. The zero-order valence-electron chi connectivity index (χ0n) is 8.41. The molecule has 0 spiro atoms. The summed E-state index contributed by atoms with van der Waals surface area (Å²) in [5.41, 5.74) is -2.74. The number of carboxylic acids is 3. The molecule has 0 heterocycles. The molecule has 8 nitrogen and oxygen atoms in total. The number of aliphatic hydroxyl groups excluding tert-OH is 1. The number of hydrogen-bond acceptors (Lipinski definition) is 5. The first kappa shape index (κ1) is 14.3. The van der Waals surface area contributed by atoms with Crippen molar-refractivity contribution in [2.24, 2.45) is 0 Å². The standard InChI is InChI=1S/C8H12O8/c1-4(5(10)11)16-8(2-3-9,6(12)13)7(14)15/h4,9H,2-3H2,1H3,(H,10,11)(H,12,13)(H,14,15). The smallest absolute Gasteiger partial charge is 0.347 e. The van der Waals surface area contributed by atoms with Gasteiger partial charge in [0.15, 0.2) is 6.10 Å². The predicted octanol–water partition coefficient (Wildman–Crippen LogP) is -1.23. The highest BCUT2D eigenvalue weighted by atomic mass is 16.6. The molecule has 0 amide bonds. The molecular formula is C8H12O8. The van der Waals surface area contributed by atoms with Crippen molar-refractivity contribution in [1.82, 2.24) is 0 Å². The summed E-state index contributed by atoms with van der Waals surface area (Å²) < 4.78 is 4.50. The summed E-state index contributed by atoms with van der Waals surface area (Å²) in [6.45, 7) is 0.241. The molecule has 16 heavy (non-hydrogen) atoms. The van der Waals surface area contributed by atoms with Crippen LogP contribution in [0.5, 0.6) is 0 Å². The molecule has 0 rings (SSSR count). The molecule has 0 aliphatic rings. The van der Waals surface area contributed by atoms with Gasteiger partial charge in [-0.2, -0.15) is 0 Å². The van der Waals surface area contributed by atoms with Gasteiger partial charge in [0, 0.05) is 13.0 Å². The summed E-state index contributed by atoms with van der Waals surface area (Å²) >= 11 is 0. The minimum Gasteiger partial charge on any atom is -0.479 e. The molecule has 1 atom stereocenters. The van der Waals surface area contributed by atoms with E-state index >= 15 is 0 Å². The van der Waals surface area contributed by atoms with Crippen LogP contribution in [0.15, 0.2) is 0 Å². The summed E-state index contributed by atoms with van der Waals surface area (Å²) in [5, 5.41) is 34.6. The lowest BCUT2D eigenvalue weighted by atomic mass is 10.00. The number of ether oxygens (including phenoxy) is 1. The van der Waals surface area contributed by atoms with E-state index in [0.29, 0.717) is 0 Å². The second-order valence-electron chi connectivity index (χ2n) is 3.01. The fourth-order valence-electron chi connectivity index (χ4n) is 0.975. The molecule has 0 fully saturated rings. The second kappa shape index (κ2) is 5.42. The van der Waals surface area contributed by atoms with E-state index in [0.717, 1.165) is 6.92 Å². The van der Waals surface area contributed by atoms with E-state index < -0.39 is 42.6 Å². The molecule has 0 saturated heterocycles. The maximum Gasteiger partial charge on any atom is 0.347 e. The number of hydrogen-bond donors (Lipinski definition) is 4. The van der Waals surface area contributed by atoms with E-state index in [1.807, 2.05) is 0 Å². The lowest BCUT2D eigenvalue weighted by Crippen LogP contribution is -2.52. The van der Waals surface area contributed by atoms with Crippen molar-refractivity contribution in [3.63, 3.8) is 0 Å². The van der Waals surface area contributed by atoms with Crippen LogP contribution in [0.2, 0.25) is 0 Å². The van der Waals surface area contributed by atoms with Crippen LogP contribution in [-0.2, 0) is 19.1 Å². The molecule has 1 unspecified atom stereocenters. The first-order valence-electron chi connectivity index (χ1n) is 4.26. The number of carbonyl (C=O) groups is 3. The van der Waals surface area contributed by atoms with Crippen LogP contribution in [-0.4, -0.2) is 56.6 Å². The van der Waals surface area contributed by atoms with E-state index in [1.54, 1.807) is 0 Å². The number of rotatable bonds is 7. The summed E-state index contributed by atoms with van der Waals surface area (Å²) in [6, 6.07) is 0. The summed E-state index contributed by atoms with van der Waals surface area (Å²) in [6.07, 6.45) is -2.35. The van der Waals surface area contributed by atoms with Crippen LogP contribution in [0.4, 0.5) is 0 Å². The van der Waals surface area contributed by atoms with Crippen molar-refractivity contribution < 1.29 is 39.5 Å². The fourth-order valence-corrected chi connectivity index (χ4v) is 0.975. The fraction of sp³-hybridized carbons (Fsp3) is 0.625. The molecule has 8 heteroatoms. The van der Waals surface area contributed by atoms with Gasteiger partial charge >= 0.3 is 17.9 Å². The zero-order valence-corrected chi connectivity index (χ0v) is 8.41. The molecule has 0 aromatic carbocycles. The van der Waals surface area contributed by atoms with E-state index in [4.69, 9.17) is 20.4 Å². The Balaban J connectivity index is 5.11. The minimum absolute atomic E-state index is 0.741. The van der Waals surface area contributed by atoms with Gasteiger partial charge in [-0.3, -0.25) is 0 Å². The minimum atomic E-state index is -2.74. The Bertz CT molecular complexity index is 282. The Hall–Kier alpha value is -1.67. The average Bonchev–Trinajstić information content (AvgIpc) is 2.15. The van der Waals surface area contributed by atoms with Crippen molar-refractivity contribution in [2.75, 3.05) is 6.61 Å². The molecule has 0 aromatic heterocycles. The monoisotopic (exact) mass is 236 g/mol. The molecule has 0 aliphatic heterocycles. The van der Waals surface area contributed by atoms with Crippen LogP contribution >= 0.6 is 0 Å². The predicted molar refractivity (Wildman–Crippen MR) is 47.9 cm³/mol. The van der Waals surface area contributed by atoms with Gasteiger partial charge in [-0.25, -0.2) is 14.4 Å². The highest BCUT2D eigenvalue weighted by Crippen LogP contribution is 2.19. The summed E-state index contributed by atoms with van der Waals surface area (Å²) in [5.74, 6) is -5.21. The van der Waals surface area contributed by atoms with Gasteiger partial charge in [0.25, 0.3) is 5.60 Å². The maximum absolute atomic E-state index is 10.8. The van der Waals surface area contributed by atoms with Gasteiger partial charge in [0.2, 0.25) is 0 Å². The normalized spacial score (nSPS) is 13.1. The van der Waals surface area contributed by atoms with Crippen molar-refractivity contribution >= 4 is 17.9 Å². The Morgan fingerprint density at radius 2 is 1.62 bits per heavy atom. The molecule has 92 valence electrons. The molecule has 0 radical (unpaired) electrons. The zero-order chi connectivity index (χ0) is 12.9. The van der Waals surface area contributed by atoms with Gasteiger partial charge in [0.05, 0.1) is 0 Å². The van der Waals surface area contributed by atoms with Gasteiger partial charge in [0.1, 0.15) is 0 Å². The molecular weight excluding hydrogens is 224 g/mol. The van der Waals surface area contributed by atoms with Gasteiger partial charge in [-0.05, 0) is 6.92 Å². The van der Waals surface area contributed by atoms with Crippen molar-refractivity contribution in [3.8, 4) is 0 Å². The van der Waals surface area contributed by atoms with E-state index in [-0.39, 0.29) is 0 Å². The Kier molecular flexibility index (Phi) is 4.86. The highest BCUT2D eigenvalue weighted by molar-refractivity contribution is 6.02. The molecule has 0 aromatic rings. The maximum atomic E-state index is 10.8. The van der Waals surface area contributed by atoms with Crippen LogP contribution in [0.1, 0.15) is 13.3 Å². The topological polar surface area (TPSA) is 141 Å². The largest absolute Gasteiger partial charge is 0.479 e. The average molecular weight is 236 g/mol. The van der Waals surface area contributed by atoms with Crippen molar-refractivity contribution in [3.05, 3.63) is 0 Å². The third kappa shape index (κ3) is 2.91. The summed E-state index contributed by atoms with van der Waals surface area (Å²) in [7, 11) is 0. The van der Waals surface area contributed by atoms with E-state index in [1.165, 1.54) is 0 Å². The highest BCUT2D eigenvalue weighted by Gasteiger charge is 2.49. The number of aliphatic hydroxyl groups is 1. The SMILES string of the molecule is CC(OC(CCO)(C(=O)O)C(=O)O)C(=O)O. The van der Waals surface area contributed by atoms with Crippen LogP contribution in [0.25, 0.3) is 0 Å². The first-order chi connectivity index (χ1) is 7.27. The second-order valence-corrected chi connectivity index (χ2v) is 3.01. The molecule has 0 aliphatic carbocycles. The van der Waals surface area contributed by atoms with Crippen LogP contribution < -0.4 is 0 Å². The Morgan fingerprint density at radius 1 is 1.19 bits per heavy atom. The van der Waals surface area contributed by atoms with E-state index in [9.17, 15) is 14.4 Å². The van der Waals surface area contributed by atoms with Gasteiger partial charge in [-0.1, -0.05) is 0 Å². The Morgan fingerprint density at radius 3 is 1.88 bits per heavy atom. The number of aliphatic carboxylic acids is 3. The van der Waals surface area contributed by atoms with Crippen LogP contribution in [0.3, 0.4) is 0 Å². The molecule has 0 saturated carbocycles. The van der Waals surface area contributed by atoms with Crippen molar-refractivity contribution in [1.29, 1.82) is 0 Å². The van der Waals surface area contributed by atoms with Crippen molar-refractivity contribution in [2.45, 2.75) is 25.0 Å². The Labute approximate surface area is 90.1 Å². The van der Waals surface area contributed by atoms with Gasteiger partial charge in [-0.15, -0.1) is 0 Å².